The number of ether oxygens (including phenoxy) is 11. The number of nitrogens with zero attached hydrogens (tertiary/aromatic N) is 6. The summed E-state index contributed by atoms with van der Waals surface area (Å²) in [5.41, 5.74) is 23.1. The number of rotatable bonds is 20. The van der Waals surface area contributed by atoms with Crippen LogP contribution in [0.5, 0.6) is 0 Å². The van der Waals surface area contributed by atoms with Crippen LogP contribution in [0.4, 0.5) is 0 Å². The average molecular weight is 923 g/mol. The molecule has 3 saturated heterocycles. The van der Waals surface area contributed by atoms with Gasteiger partial charge in [0.15, 0.2) is 25.0 Å². The molecule has 0 bridgehead atoms. The summed E-state index contributed by atoms with van der Waals surface area (Å²) in [6, 6.07) is 36.4. The fourth-order valence-corrected chi connectivity index (χ4v) is 8.57. The summed E-state index contributed by atoms with van der Waals surface area (Å²) in [7, 11) is 1.51. The molecule has 0 radical (unpaired) electrons. The van der Waals surface area contributed by atoms with Gasteiger partial charge < -0.3 is 52.1 Å². The normalized spacial score (nSPS) is 31.7. The fourth-order valence-electron chi connectivity index (χ4n) is 8.57. The molecule has 15 atom stereocenters. The SMILES string of the molecule is CO[C@H]1O[C@H](C)[C@@H](OCc2ccccc2)[C@H](OCc2ccccc2)[C@@H]1O[C@H]1O[C@H](C)[C@@H](N=[N+]=[N-])[C@H](OCc2ccccc2)[C@@H]1O[C@H]1O[C@H](C)[C@@H](N=[N+]=[N-])[C@H](OCc2ccccc2)[C@@H]1OC(C)=O. The Bertz CT molecular complexity index is 2220. The number of hydrogen-bond acceptors (Lipinski definition) is 14. The van der Waals surface area contributed by atoms with Crippen molar-refractivity contribution in [3.63, 3.8) is 0 Å². The van der Waals surface area contributed by atoms with Crippen LogP contribution in [0.3, 0.4) is 0 Å². The van der Waals surface area contributed by atoms with E-state index in [1.165, 1.54) is 14.0 Å². The van der Waals surface area contributed by atoms with Crippen LogP contribution in [0.2, 0.25) is 0 Å². The highest BCUT2D eigenvalue weighted by molar-refractivity contribution is 5.66. The Morgan fingerprint density at radius 2 is 0.836 bits per heavy atom. The third-order valence-electron chi connectivity index (χ3n) is 11.9. The van der Waals surface area contributed by atoms with Crippen molar-refractivity contribution in [3.8, 4) is 0 Å². The van der Waals surface area contributed by atoms with E-state index in [0.717, 1.165) is 22.3 Å². The molecule has 67 heavy (non-hydrogen) atoms. The molecule has 0 saturated carbocycles. The Labute approximate surface area is 389 Å². The molecule has 3 aliphatic heterocycles. The third kappa shape index (κ3) is 13.0. The van der Waals surface area contributed by atoms with Crippen LogP contribution in [-0.2, 0) is 83.3 Å². The highest BCUT2D eigenvalue weighted by Gasteiger charge is 2.56. The molecule has 3 fully saturated rings. The second-order valence-electron chi connectivity index (χ2n) is 16.6. The van der Waals surface area contributed by atoms with Crippen molar-refractivity contribution in [1.82, 2.24) is 0 Å². The number of carbonyl (C=O) groups is 1. The molecule has 0 spiro atoms. The van der Waals surface area contributed by atoms with E-state index in [1.54, 1.807) is 13.8 Å². The number of esters is 1. The van der Waals surface area contributed by atoms with E-state index in [1.807, 2.05) is 128 Å². The lowest BCUT2D eigenvalue weighted by molar-refractivity contribution is -0.384. The molecule has 3 heterocycles. The van der Waals surface area contributed by atoms with Crippen molar-refractivity contribution >= 4 is 5.97 Å². The van der Waals surface area contributed by atoms with E-state index in [4.69, 9.17) is 52.1 Å². The molecule has 0 unspecified atom stereocenters. The maximum absolute atomic E-state index is 12.9. The van der Waals surface area contributed by atoms with Crippen LogP contribution in [0.25, 0.3) is 20.9 Å². The molecule has 18 nitrogen and oxygen atoms in total. The molecule has 0 aliphatic carbocycles. The van der Waals surface area contributed by atoms with Gasteiger partial charge in [-0.3, -0.25) is 4.79 Å². The molecular formula is C49H58N6O12. The van der Waals surface area contributed by atoms with Crippen LogP contribution < -0.4 is 0 Å². The van der Waals surface area contributed by atoms with Gasteiger partial charge in [0.2, 0.25) is 0 Å². The van der Waals surface area contributed by atoms with Crippen LogP contribution in [-0.4, -0.2) is 105 Å². The summed E-state index contributed by atoms with van der Waals surface area (Å²) >= 11 is 0. The minimum absolute atomic E-state index is 0.0717. The van der Waals surface area contributed by atoms with Crippen LogP contribution in [0.1, 0.15) is 49.9 Å². The Balaban J connectivity index is 1.28. The summed E-state index contributed by atoms with van der Waals surface area (Å²) in [6.45, 7) is 7.16. The molecule has 4 aromatic rings. The van der Waals surface area contributed by atoms with Gasteiger partial charge in [-0.1, -0.05) is 132 Å². The first kappa shape index (κ1) is 49.5. The maximum atomic E-state index is 12.9. The number of carbonyl (C=O) groups excluding carboxylic acids is 1. The lowest BCUT2D eigenvalue weighted by Crippen LogP contribution is -2.66. The van der Waals surface area contributed by atoms with Gasteiger partial charge >= 0.3 is 5.97 Å². The van der Waals surface area contributed by atoms with Crippen LogP contribution in [0, 0.1) is 0 Å². The summed E-state index contributed by atoms with van der Waals surface area (Å²) < 4.78 is 72.1. The summed E-state index contributed by atoms with van der Waals surface area (Å²) in [6.07, 6.45) is -13.2. The zero-order chi connectivity index (χ0) is 47.1. The average Bonchev–Trinajstić information content (AvgIpc) is 3.34. The smallest absolute Gasteiger partial charge is 0.303 e. The zero-order valence-corrected chi connectivity index (χ0v) is 38.1. The lowest BCUT2D eigenvalue weighted by Gasteiger charge is -2.50. The van der Waals surface area contributed by atoms with Crippen LogP contribution >= 0.6 is 0 Å². The standard InChI is InChI=1S/C49H58N6O12/c1-30-38(52-54-50)41(59-27-35-20-12-7-13-21-35)44(65-33(4)56)48(62-30)66-45-42(60-28-36-22-14-8-15-23-36)39(53-55-51)31(2)63-49(45)67-46-43(61-29-37-24-16-9-17-25-37)40(32(3)64-47(46)57-5)58-26-34-18-10-6-11-19-34/h6-25,30-32,38-49H,26-29H2,1-5H3/t30-,31-,32-,38-,39-,40-,41+,42+,43+,44+,45+,46+,47+,48-,49-/m1/s1. The largest absolute Gasteiger partial charge is 0.454 e. The Hall–Kier alpha value is -5.43. The lowest BCUT2D eigenvalue weighted by atomic mass is 9.94. The molecule has 7 rings (SSSR count). The number of methoxy groups -OCH3 is 1. The van der Waals surface area contributed by atoms with Crippen molar-refractivity contribution in [1.29, 1.82) is 0 Å². The monoisotopic (exact) mass is 922 g/mol. The molecule has 3 aliphatic rings. The van der Waals surface area contributed by atoms with Gasteiger partial charge in [0.05, 0.1) is 56.8 Å². The van der Waals surface area contributed by atoms with Crippen molar-refractivity contribution < 1.29 is 56.9 Å². The van der Waals surface area contributed by atoms with Gasteiger partial charge in [-0.15, -0.1) is 0 Å². The summed E-state index contributed by atoms with van der Waals surface area (Å²) in [4.78, 5) is 19.2. The molecule has 4 aromatic carbocycles. The zero-order valence-electron chi connectivity index (χ0n) is 38.1. The first-order valence-corrected chi connectivity index (χ1v) is 22.3. The Kier molecular flexibility index (Phi) is 18.1. The van der Waals surface area contributed by atoms with Crippen molar-refractivity contribution in [3.05, 3.63) is 164 Å². The van der Waals surface area contributed by atoms with Gasteiger partial charge in [0, 0.05) is 23.9 Å². The molecule has 0 aromatic heterocycles. The van der Waals surface area contributed by atoms with E-state index in [0.29, 0.717) is 0 Å². The number of hydrogen-bond donors (Lipinski definition) is 0. The molecule has 0 N–H and O–H groups in total. The first-order valence-electron chi connectivity index (χ1n) is 22.3. The first-order chi connectivity index (χ1) is 32.7. The van der Waals surface area contributed by atoms with E-state index in [2.05, 4.69) is 20.1 Å². The van der Waals surface area contributed by atoms with Gasteiger partial charge in [-0.2, -0.15) is 0 Å². The summed E-state index contributed by atoms with van der Waals surface area (Å²) in [5, 5.41) is 8.19. The van der Waals surface area contributed by atoms with Gasteiger partial charge in [-0.05, 0) is 54.1 Å². The van der Waals surface area contributed by atoms with E-state index < -0.39 is 98.0 Å². The molecule has 356 valence electrons. The molecular weight excluding hydrogens is 865 g/mol. The van der Waals surface area contributed by atoms with Gasteiger partial charge in [0.1, 0.15) is 36.6 Å². The van der Waals surface area contributed by atoms with E-state index in [9.17, 15) is 15.9 Å². The van der Waals surface area contributed by atoms with E-state index in [-0.39, 0.29) is 26.4 Å². The quantitative estimate of drug-likeness (QED) is 0.0354. The Morgan fingerprint density at radius 1 is 0.493 bits per heavy atom. The molecule has 0 amide bonds. The number of azide groups is 2. The van der Waals surface area contributed by atoms with Crippen molar-refractivity contribution in [2.75, 3.05) is 7.11 Å². The predicted octanol–water partition coefficient (Wildman–Crippen LogP) is 8.27. The maximum Gasteiger partial charge on any atom is 0.303 e. The van der Waals surface area contributed by atoms with Gasteiger partial charge in [0.25, 0.3) is 0 Å². The topological polar surface area (TPSA) is 216 Å². The fraction of sp³-hybridized carbons (Fsp3) is 0.490. The second-order valence-corrected chi connectivity index (χ2v) is 16.6. The second kappa shape index (κ2) is 24.5. The Morgan fingerprint density at radius 3 is 1.22 bits per heavy atom. The predicted molar refractivity (Wildman–Crippen MR) is 241 cm³/mol. The van der Waals surface area contributed by atoms with E-state index >= 15 is 0 Å². The minimum Gasteiger partial charge on any atom is -0.454 e. The highest BCUT2D eigenvalue weighted by Crippen LogP contribution is 2.38. The minimum atomic E-state index is -1.40. The number of benzene rings is 4. The van der Waals surface area contributed by atoms with Crippen molar-refractivity contribution in [2.24, 2.45) is 10.2 Å². The van der Waals surface area contributed by atoms with Gasteiger partial charge in [-0.25, -0.2) is 0 Å². The highest BCUT2D eigenvalue weighted by atomic mass is 16.8. The summed E-state index contributed by atoms with van der Waals surface area (Å²) in [5.74, 6) is -0.675. The third-order valence-corrected chi connectivity index (χ3v) is 11.9. The van der Waals surface area contributed by atoms with Crippen LogP contribution in [0.15, 0.2) is 132 Å². The van der Waals surface area contributed by atoms with Crippen molar-refractivity contribution in [2.45, 2.75) is 146 Å². The molecule has 18 heteroatoms.